The zero-order valence-corrected chi connectivity index (χ0v) is 11.5. The van der Waals surface area contributed by atoms with Gasteiger partial charge in [-0.25, -0.2) is 0 Å². The molecule has 2 fully saturated rings. The SMILES string of the molecule is CC1(C)CCC(CO)(C2(O)CCCCC2)CC1. The van der Waals surface area contributed by atoms with E-state index in [4.69, 9.17) is 0 Å². The summed E-state index contributed by atoms with van der Waals surface area (Å²) in [4.78, 5) is 0. The number of aliphatic hydroxyl groups is 2. The second-order valence-corrected chi connectivity index (χ2v) is 7.19. The minimum absolute atomic E-state index is 0.166. The van der Waals surface area contributed by atoms with E-state index in [1.807, 2.05) is 0 Å². The van der Waals surface area contributed by atoms with Crippen molar-refractivity contribution in [3.8, 4) is 0 Å². The first-order valence-electron chi connectivity index (χ1n) is 7.26. The van der Waals surface area contributed by atoms with Gasteiger partial charge in [0.25, 0.3) is 0 Å². The Morgan fingerprint density at radius 2 is 1.35 bits per heavy atom. The van der Waals surface area contributed by atoms with Crippen molar-refractivity contribution in [1.29, 1.82) is 0 Å². The maximum absolute atomic E-state index is 11.0. The zero-order valence-electron chi connectivity index (χ0n) is 11.5. The summed E-state index contributed by atoms with van der Waals surface area (Å²) in [5.41, 5.74) is -0.400. The standard InChI is InChI=1S/C15H28O2/c1-13(2)8-10-14(12-16,11-9-13)15(17)6-4-3-5-7-15/h16-17H,3-12H2,1-2H3. The highest BCUT2D eigenvalue weighted by molar-refractivity contribution is 5.03. The highest BCUT2D eigenvalue weighted by Crippen LogP contribution is 2.54. The van der Waals surface area contributed by atoms with Crippen molar-refractivity contribution in [2.75, 3.05) is 6.61 Å². The average molecular weight is 240 g/mol. The molecule has 0 radical (unpaired) electrons. The molecular formula is C15H28O2. The first kappa shape index (κ1) is 13.4. The molecule has 0 aromatic rings. The van der Waals surface area contributed by atoms with Gasteiger partial charge in [0.2, 0.25) is 0 Å². The van der Waals surface area contributed by atoms with Gasteiger partial charge in [0, 0.05) is 5.41 Å². The Kier molecular flexibility index (Phi) is 3.57. The largest absolute Gasteiger partial charge is 0.396 e. The van der Waals surface area contributed by atoms with E-state index in [0.717, 1.165) is 51.4 Å². The molecule has 0 bridgehead atoms. The molecule has 0 saturated heterocycles. The summed E-state index contributed by atoms with van der Waals surface area (Å²) >= 11 is 0. The van der Waals surface area contributed by atoms with Crippen molar-refractivity contribution >= 4 is 0 Å². The molecule has 0 heterocycles. The lowest BCUT2D eigenvalue weighted by Crippen LogP contribution is -2.54. The molecule has 17 heavy (non-hydrogen) atoms. The van der Waals surface area contributed by atoms with Gasteiger partial charge in [-0.2, -0.15) is 0 Å². The van der Waals surface area contributed by atoms with E-state index in [0.29, 0.717) is 5.41 Å². The monoisotopic (exact) mass is 240 g/mol. The van der Waals surface area contributed by atoms with E-state index < -0.39 is 5.60 Å². The van der Waals surface area contributed by atoms with Crippen molar-refractivity contribution in [3.05, 3.63) is 0 Å². The molecule has 0 amide bonds. The van der Waals surface area contributed by atoms with E-state index >= 15 is 0 Å². The van der Waals surface area contributed by atoms with Gasteiger partial charge in [-0.05, 0) is 43.9 Å². The molecule has 2 aliphatic rings. The molecule has 0 aromatic heterocycles. The molecule has 0 atom stereocenters. The molecule has 2 aliphatic carbocycles. The van der Waals surface area contributed by atoms with Crippen molar-refractivity contribution < 1.29 is 10.2 Å². The van der Waals surface area contributed by atoms with Gasteiger partial charge in [0.05, 0.1) is 12.2 Å². The molecule has 0 unspecified atom stereocenters. The van der Waals surface area contributed by atoms with E-state index in [2.05, 4.69) is 13.8 Å². The van der Waals surface area contributed by atoms with Crippen LogP contribution in [0.1, 0.15) is 71.6 Å². The summed E-state index contributed by atoms with van der Waals surface area (Å²) in [6, 6.07) is 0. The summed E-state index contributed by atoms with van der Waals surface area (Å²) in [6.45, 7) is 4.78. The van der Waals surface area contributed by atoms with E-state index in [9.17, 15) is 10.2 Å². The number of aliphatic hydroxyl groups excluding tert-OH is 1. The van der Waals surface area contributed by atoms with Gasteiger partial charge in [-0.3, -0.25) is 0 Å². The summed E-state index contributed by atoms with van der Waals surface area (Å²) in [5, 5.41) is 20.8. The molecular weight excluding hydrogens is 212 g/mol. The fraction of sp³-hybridized carbons (Fsp3) is 1.00. The summed E-state index contributed by atoms with van der Waals surface area (Å²) in [7, 11) is 0. The van der Waals surface area contributed by atoms with Gasteiger partial charge in [-0.1, -0.05) is 33.1 Å². The molecule has 0 spiro atoms. The van der Waals surface area contributed by atoms with Gasteiger partial charge in [0.15, 0.2) is 0 Å². The van der Waals surface area contributed by atoms with Crippen molar-refractivity contribution in [2.24, 2.45) is 10.8 Å². The Hall–Kier alpha value is -0.0800. The first-order valence-corrected chi connectivity index (χ1v) is 7.26. The lowest BCUT2D eigenvalue weighted by atomic mass is 9.55. The maximum Gasteiger partial charge on any atom is 0.0725 e. The van der Waals surface area contributed by atoms with Crippen molar-refractivity contribution in [3.63, 3.8) is 0 Å². The maximum atomic E-state index is 11.0. The molecule has 2 N–H and O–H groups in total. The van der Waals surface area contributed by atoms with Crippen molar-refractivity contribution in [1.82, 2.24) is 0 Å². The quantitative estimate of drug-likeness (QED) is 0.778. The Morgan fingerprint density at radius 3 is 1.82 bits per heavy atom. The third-order valence-electron chi connectivity index (χ3n) is 5.53. The van der Waals surface area contributed by atoms with Gasteiger partial charge >= 0.3 is 0 Å². The third-order valence-corrected chi connectivity index (χ3v) is 5.53. The molecule has 0 aliphatic heterocycles. The van der Waals surface area contributed by atoms with Crippen LogP contribution in [0.25, 0.3) is 0 Å². The zero-order chi connectivity index (χ0) is 12.6. The minimum Gasteiger partial charge on any atom is -0.396 e. The second-order valence-electron chi connectivity index (χ2n) is 7.19. The fourth-order valence-corrected chi connectivity index (χ4v) is 3.84. The van der Waals surface area contributed by atoms with Crippen LogP contribution in [0.15, 0.2) is 0 Å². The Bertz CT molecular complexity index is 254. The van der Waals surface area contributed by atoms with Crippen LogP contribution in [-0.4, -0.2) is 22.4 Å². The van der Waals surface area contributed by atoms with Crippen LogP contribution in [0.4, 0.5) is 0 Å². The molecule has 2 saturated carbocycles. The summed E-state index contributed by atoms with van der Waals surface area (Å²) in [5.74, 6) is 0. The Labute approximate surface area is 105 Å². The second kappa shape index (κ2) is 4.55. The van der Waals surface area contributed by atoms with Crippen LogP contribution in [-0.2, 0) is 0 Å². The average Bonchev–Trinajstić information content (AvgIpc) is 2.30. The number of hydrogen-bond donors (Lipinski definition) is 2. The Morgan fingerprint density at radius 1 is 0.824 bits per heavy atom. The molecule has 2 rings (SSSR count). The van der Waals surface area contributed by atoms with Gasteiger partial charge in [0.1, 0.15) is 0 Å². The van der Waals surface area contributed by atoms with Crippen LogP contribution in [0.2, 0.25) is 0 Å². The van der Waals surface area contributed by atoms with Crippen LogP contribution in [0.5, 0.6) is 0 Å². The molecule has 2 heteroatoms. The van der Waals surface area contributed by atoms with Crippen LogP contribution in [0.3, 0.4) is 0 Å². The lowest BCUT2D eigenvalue weighted by molar-refractivity contribution is -0.155. The van der Waals surface area contributed by atoms with E-state index in [1.165, 1.54) is 6.42 Å². The molecule has 100 valence electrons. The predicted octanol–water partition coefficient (Wildman–Crippen LogP) is 3.26. The first-order chi connectivity index (χ1) is 7.93. The van der Waals surface area contributed by atoms with E-state index in [-0.39, 0.29) is 12.0 Å². The highest BCUT2D eigenvalue weighted by atomic mass is 16.3. The summed E-state index contributed by atoms with van der Waals surface area (Å²) < 4.78 is 0. The van der Waals surface area contributed by atoms with Gasteiger partial charge in [-0.15, -0.1) is 0 Å². The normalized spacial score (nSPS) is 31.1. The van der Waals surface area contributed by atoms with Gasteiger partial charge < -0.3 is 10.2 Å². The molecule has 2 nitrogen and oxygen atoms in total. The topological polar surface area (TPSA) is 40.5 Å². The smallest absolute Gasteiger partial charge is 0.0725 e. The Balaban J connectivity index is 2.14. The number of hydrogen-bond acceptors (Lipinski definition) is 2. The third kappa shape index (κ3) is 2.39. The van der Waals surface area contributed by atoms with Crippen LogP contribution >= 0.6 is 0 Å². The van der Waals surface area contributed by atoms with Crippen LogP contribution < -0.4 is 0 Å². The summed E-state index contributed by atoms with van der Waals surface area (Å²) in [6.07, 6.45) is 9.55. The predicted molar refractivity (Wildman–Crippen MR) is 69.8 cm³/mol. The highest BCUT2D eigenvalue weighted by Gasteiger charge is 2.52. The van der Waals surface area contributed by atoms with Crippen LogP contribution in [0, 0.1) is 10.8 Å². The lowest BCUT2D eigenvalue weighted by Gasteiger charge is -2.53. The van der Waals surface area contributed by atoms with Crippen molar-refractivity contribution in [2.45, 2.75) is 77.2 Å². The fourth-order valence-electron chi connectivity index (χ4n) is 3.84. The number of rotatable bonds is 2. The molecule has 0 aromatic carbocycles. The minimum atomic E-state index is -0.587. The van der Waals surface area contributed by atoms with E-state index in [1.54, 1.807) is 0 Å².